The van der Waals surface area contributed by atoms with Crippen molar-refractivity contribution in [1.29, 1.82) is 0 Å². The van der Waals surface area contributed by atoms with Crippen LogP contribution in [0.3, 0.4) is 0 Å². The Kier molecular flexibility index (Phi) is 3.14. The Morgan fingerprint density at radius 1 is 1.19 bits per heavy atom. The van der Waals surface area contributed by atoms with E-state index in [-0.39, 0.29) is 11.8 Å². The number of nitrogens with zero attached hydrogens (tertiary/aromatic N) is 2. The highest BCUT2D eigenvalue weighted by Gasteiger charge is 2.35. The number of carboxylic acids is 1. The van der Waals surface area contributed by atoms with E-state index in [4.69, 9.17) is 5.11 Å². The zero-order chi connectivity index (χ0) is 11.7. The normalized spacial score (nSPS) is 24.2. The number of piperazine rings is 1. The number of carbonyl (C=O) groups is 2. The summed E-state index contributed by atoms with van der Waals surface area (Å²) in [6.45, 7) is 4.39. The molecule has 1 saturated carbocycles. The highest BCUT2D eigenvalue weighted by atomic mass is 16.4. The summed E-state index contributed by atoms with van der Waals surface area (Å²) in [4.78, 5) is 26.4. The first-order valence-electron chi connectivity index (χ1n) is 5.85. The number of hydrogen-bond donors (Lipinski definition) is 1. The second-order valence-corrected chi connectivity index (χ2v) is 4.65. The number of carboxylic acid groups (broad SMARTS) is 1. The summed E-state index contributed by atoms with van der Waals surface area (Å²) in [5.41, 5.74) is 0. The molecule has 16 heavy (non-hydrogen) atoms. The molecular formula is C11H18N2O3. The van der Waals surface area contributed by atoms with Crippen molar-refractivity contribution in [2.24, 2.45) is 5.92 Å². The van der Waals surface area contributed by atoms with Crippen LogP contribution in [0.1, 0.15) is 19.8 Å². The van der Waals surface area contributed by atoms with Crippen molar-refractivity contribution in [3.8, 4) is 0 Å². The standard InChI is InChI=1S/C11H18N2O3/c1-8(11(15)16)12-4-6-13(7-5-12)10(14)9-2-3-9/h8-9H,2-7H2,1H3,(H,15,16)/t8-/m0/s1. The fourth-order valence-electron chi connectivity index (χ4n) is 2.07. The maximum absolute atomic E-state index is 11.8. The summed E-state index contributed by atoms with van der Waals surface area (Å²) in [6, 6.07) is -0.446. The van der Waals surface area contributed by atoms with Crippen LogP contribution in [0.25, 0.3) is 0 Å². The van der Waals surface area contributed by atoms with E-state index in [1.807, 2.05) is 9.80 Å². The Morgan fingerprint density at radius 2 is 1.75 bits per heavy atom. The number of rotatable bonds is 3. The monoisotopic (exact) mass is 226 g/mol. The molecule has 0 aromatic rings. The summed E-state index contributed by atoms with van der Waals surface area (Å²) in [7, 11) is 0. The molecule has 1 saturated heterocycles. The van der Waals surface area contributed by atoms with Crippen molar-refractivity contribution in [1.82, 2.24) is 9.80 Å². The first-order valence-corrected chi connectivity index (χ1v) is 5.85. The molecule has 0 unspecified atom stereocenters. The lowest BCUT2D eigenvalue weighted by atomic mass is 10.2. The van der Waals surface area contributed by atoms with E-state index in [9.17, 15) is 9.59 Å². The second kappa shape index (κ2) is 4.41. The third-order valence-corrected chi connectivity index (χ3v) is 3.46. The third-order valence-electron chi connectivity index (χ3n) is 3.46. The molecule has 1 amide bonds. The Bertz CT molecular complexity index is 294. The molecule has 2 aliphatic rings. The van der Waals surface area contributed by atoms with Gasteiger partial charge in [0.1, 0.15) is 6.04 Å². The summed E-state index contributed by atoms with van der Waals surface area (Å²) < 4.78 is 0. The van der Waals surface area contributed by atoms with E-state index in [0.29, 0.717) is 26.2 Å². The highest BCUT2D eigenvalue weighted by molar-refractivity contribution is 5.81. The summed E-state index contributed by atoms with van der Waals surface area (Å²) >= 11 is 0. The van der Waals surface area contributed by atoms with Crippen LogP contribution in [0.4, 0.5) is 0 Å². The van der Waals surface area contributed by atoms with Crippen molar-refractivity contribution in [2.45, 2.75) is 25.8 Å². The largest absolute Gasteiger partial charge is 0.480 e. The van der Waals surface area contributed by atoms with Crippen LogP contribution in [0.15, 0.2) is 0 Å². The van der Waals surface area contributed by atoms with Crippen LogP contribution < -0.4 is 0 Å². The Balaban J connectivity index is 1.81. The maximum Gasteiger partial charge on any atom is 0.320 e. The molecule has 0 aromatic heterocycles. The van der Waals surface area contributed by atoms with Crippen LogP contribution >= 0.6 is 0 Å². The quantitative estimate of drug-likeness (QED) is 0.736. The number of hydrogen-bond acceptors (Lipinski definition) is 3. The Labute approximate surface area is 95.0 Å². The fraction of sp³-hybridized carbons (Fsp3) is 0.818. The van der Waals surface area contributed by atoms with E-state index < -0.39 is 12.0 Å². The van der Waals surface area contributed by atoms with E-state index in [1.165, 1.54) is 0 Å². The van der Waals surface area contributed by atoms with E-state index >= 15 is 0 Å². The minimum absolute atomic E-state index is 0.266. The average molecular weight is 226 g/mol. The summed E-state index contributed by atoms with van der Waals surface area (Å²) in [5, 5.41) is 8.89. The Morgan fingerprint density at radius 3 is 2.19 bits per heavy atom. The molecule has 5 nitrogen and oxygen atoms in total. The van der Waals surface area contributed by atoms with Gasteiger partial charge in [-0.15, -0.1) is 0 Å². The average Bonchev–Trinajstić information content (AvgIpc) is 3.11. The molecule has 2 rings (SSSR count). The van der Waals surface area contributed by atoms with Crippen LogP contribution in [0, 0.1) is 5.92 Å². The van der Waals surface area contributed by atoms with Crippen molar-refractivity contribution < 1.29 is 14.7 Å². The van der Waals surface area contributed by atoms with Gasteiger partial charge in [0.15, 0.2) is 0 Å². The van der Waals surface area contributed by atoms with E-state index in [1.54, 1.807) is 6.92 Å². The molecule has 2 fully saturated rings. The lowest BCUT2D eigenvalue weighted by Crippen LogP contribution is -2.53. The van der Waals surface area contributed by atoms with Gasteiger partial charge in [0, 0.05) is 32.1 Å². The molecule has 5 heteroatoms. The van der Waals surface area contributed by atoms with Crippen LogP contribution in [-0.4, -0.2) is 59.0 Å². The van der Waals surface area contributed by atoms with Gasteiger partial charge in [-0.2, -0.15) is 0 Å². The summed E-state index contributed by atoms with van der Waals surface area (Å²) in [6.07, 6.45) is 2.06. The topological polar surface area (TPSA) is 60.9 Å². The van der Waals surface area contributed by atoms with Crippen LogP contribution in [0.5, 0.6) is 0 Å². The third kappa shape index (κ3) is 2.35. The van der Waals surface area contributed by atoms with Gasteiger partial charge in [0.2, 0.25) is 5.91 Å². The van der Waals surface area contributed by atoms with E-state index in [0.717, 1.165) is 12.8 Å². The SMILES string of the molecule is C[C@@H](C(=O)O)N1CCN(C(=O)C2CC2)CC1. The van der Waals surface area contributed by atoms with Gasteiger partial charge in [0.25, 0.3) is 0 Å². The Hall–Kier alpha value is -1.10. The molecule has 90 valence electrons. The van der Waals surface area contributed by atoms with Crippen LogP contribution in [-0.2, 0) is 9.59 Å². The van der Waals surface area contributed by atoms with Gasteiger partial charge in [-0.25, -0.2) is 0 Å². The molecule has 0 aromatic carbocycles. The van der Waals surface area contributed by atoms with Crippen LogP contribution in [0.2, 0.25) is 0 Å². The van der Waals surface area contributed by atoms with Crippen molar-refractivity contribution >= 4 is 11.9 Å². The number of carbonyl (C=O) groups excluding carboxylic acids is 1. The minimum atomic E-state index is -0.790. The van der Waals surface area contributed by atoms with Crippen molar-refractivity contribution in [3.63, 3.8) is 0 Å². The van der Waals surface area contributed by atoms with Gasteiger partial charge in [-0.05, 0) is 19.8 Å². The van der Waals surface area contributed by atoms with Crippen molar-refractivity contribution in [3.05, 3.63) is 0 Å². The molecule has 1 aliphatic heterocycles. The van der Waals surface area contributed by atoms with Crippen molar-refractivity contribution in [2.75, 3.05) is 26.2 Å². The first kappa shape index (κ1) is 11.4. The number of aliphatic carboxylic acids is 1. The molecule has 0 spiro atoms. The molecule has 0 bridgehead atoms. The van der Waals surface area contributed by atoms with Gasteiger partial charge >= 0.3 is 5.97 Å². The first-order chi connectivity index (χ1) is 7.59. The zero-order valence-corrected chi connectivity index (χ0v) is 9.56. The minimum Gasteiger partial charge on any atom is -0.480 e. The molecule has 1 aliphatic carbocycles. The van der Waals surface area contributed by atoms with Gasteiger partial charge < -0.3 is 10.0 Å². The number of amides is 1. The molecule has 0 radical (unpaired) electrons. The molecule has 1 N–H and O–H groups in total. The highest BCUT2D eigenvalue weighted by Crippen LogP contribution is 2.31. The lowest BCUT2D eigenvalue weighted by Gasteiger charge is -2.36. The van der Waals surface area contributed by atoms with Gasteiger partial charge in [-0.1, -0.05) is 0 Å². The predicted molar refractivity (Wildman–Crippen MR) is 58.0 cm³/mol. The van der Waals surface area contributed by atoms with Gasteiger partial charge in [-0.3, -0.25) is 14.5 Å². The fourth-order valence-corrected chi connectivity index (χ4v) is 2.07. The smallest absolute Gasteiger partial charge is 0.320 e. The second-order valence-electron chi connectivity index (χ2n) is 4.65. The van der Waals surface area contributed by atoms with Gasteiger partial charge in [0.05, 0.1) is 0 Å². The molecule has 1 heterocycles. The lowest BCUT2D eigenvalue weighted by molar-refractivity contribution is -0.144. The predicted octanol–water partition coefficient (Wildman–Crippen LogP) is 0.0137. The summed E-state index contributed by atoms with van der Waals surface area (Å²) in [5.74, 6) is -0.256. The zero-order valence-electron chi connectivity index (χ0n) is 9.56. The van der Waals surface area contributed by atoms with E-state index in [2.05, 4.69) is 0 Å². The molecular weight excluding hydrogens is 208 g/mol. The molecule has 1 atom stereocenters. The maximum atomic E-state index is 11.8.